The summed E-state index contributed by atoms with van der Waals surface area (Å²) in [5.41, 5.74) is -0.0460. The standard InChI is InChI=1S/2C20H18N2O4/c2*1-12(23)11-21-20(25)18-19(24)16-9-8-15(10-17(16)13(2)22-18)26-14-6-4-3-5-7-14/h2*3-10,24H,11H2,1-2H3,(H,21,25)/i11D;2D2. The van der Waals surface area contributed by atoms with E-state index in [-0.39, 0.29) is 46.3 Å². The van der Waals surface area contributed by atoms with Crippen LogP contribution in [0.5, 0.6) is 34.5 Å². The molecular formula is C40H36N4O8. The number of fused-ring (bicyclic) bond motifs is 2. The van der Waals surface area contributed by atoms with Gasteiger partial charge in [0.05, 0.1) is 14.4 Å². The maximum Gasteiger partial charge on any atom is 0.274 e. The second-order valence-corrected chi connectivity index (χ2v) is 11.4. The Bertz CT molecular complexity index is 2400. The van der Waals surface area contributed by atoms with Gasteiger partial charge in [0.1, 0.15) is 34.6 Å². The molecule has 0 fully saturated rings. The Kier molecular flexibility index (Phi) is 10.1. The van der Waals surface area contributed by atoms with Crippen molar-refractivity contribution in [3.8, 4) is 34.5 Å². The highest BCUT2D eigenvalue weighted by Gasteiger charge is 2.20. The van der Waals surface area contributed by atoms with Gasteiger partial charge in [0.25, 0.3) is 11.8 Å². The van der Waals surface area contributed by atoms with E-state index in [0.29, 0.717) is 44.9 Å². The highest BCUT2D eigenvalue weighted by atomic mass is 16.5. The number of carbonyl (C=O) groups excluding carboxylic acids is 4. The van der Waals surface area contributed by atoms with Gasteiger partial charge in [0.15, 0.2) is 22.9 Å². The molecule has 0 aliphatic carbocycles. The fourth-order valence-corrected chi connectivity index (χ4v) is 4.96. The van der Waals surface area contributed by atoms with Crippen molar-refractivity contribution in [3.63, 3.8) is 0 Å². The molecule has 6 aromatic rings. The van der Waals surface area contributed by atoms with Gasteiger partial charge in [-0.1, -0.05) is 36.4 Å². The SMILES string of the molecule is [2H]C(NC(=O)c1nc(C)c2cc(Oc3ccccc3)ccc2c1O)C(C)=O.[2H]C([2H])c1nc(C(=O)NCC(C)=O)c(O)c2ccc(Oc3ccccc3)cc12. The van der Waals surface area contributed by atoms with Crippen LogP contribution in [0.3, 0.4) is 0 Å². The van der Waals surface area contributed by atoms with Crippen LogP contribution in [-0.4, -0.2) is 56.6 Å². The quantitative estimate of drug-likeness (QED) is 0.120. The Morgan fingerprint density at radius 3 is 1.56 bits per heavy atom. The van der Waals surface area contributed by atoms with Gasteiger partial charge in [0, 0.05) is 35.7 Å². The minimum Gasteiger partial charge on any atom is -0.505 e. The van der Waals surface area contributed by atoms with E-state index in [1.54, 1.807) is 49.4 Å². The van der Waals surface area contributed by atoms with Gasteiger partial charge in [0.2, 0.25) is 0 Å². The Hall–Kier alpha value is -6.82. The summed E-state index contributed by atoms with van der Waals surface area (Å²) in [6.07, 6.45) is 0. The fourth-order valence-electron chi connectivity index (χ4n) is 4.96. The predicted molar refractivity (Wildman–Crippen MR) is 195 cm³/mol. The van der Waals surface area contributed by atoms with E-state index in [9.17, 15) is 29.4 Å². The molecule has 0 aliphatic rings. The number of para-hydroxylation sites is 2. The van der Waals surface area contributed by atoms with E-state index in [1.165, 1.54) is 19.9 Å². The number of aromatic hydroxyl groups is 2. The summed E-state index contributed by atoms with van der Waals surface area (Å²) in [4.78, 5) is 54.9. The largest absolute Gasteiger partial charge is 0.505 e. The Morgan fingerprint density at radius 2 is 1.10 bits per heavy atom. The molecule has 12 heteroatoms. The van der Waals surface area contributed by atoms with Crippen LogP contribution in [0.15, 0.2) is 97.1 Å². The van der Waals surface area contributed by atoms with E-state index in [1.807, 2.05) is 48.5 Å². The maximum atomic E-state index is 12.3. The minimum atomic E-state index is -1.49. The topological polar surface area (TPSA) is 177 Å². The molecule has 6 rings (SSSR count). The molecule has 4 aromatic carbocycles. The first-order chi connectivity index (χ1) is 26.2. The maximum absolute atomic E-state index is 12.3. The molecule has 2 aromatic heterocycles. The number of nitrogens with zero attached hydrogens (tertiary/aromatic N) is 2. The predicted octanol–water partition coefficient (Wildman–Crippen LogP) is 6.72. The first-order valence-corrected chi connectivity index (χ1v) is 15.8. The molecule has 0 bridgehead atoms. The van der Waals surface area contributed by atoms with Crippen molar-refractivity contribution in [1.29, 1.82) is 0 Å². The number of carbonyl (C=O) groups is 4. The van der Waals surface area contributed by atoms with Crippen molar-refractivity contribution in [2.45, 2.75) is 27.6 Å². The summed E-state index contributed by atoms with van der Waals surface area (Å²) in [6.45, 7) is 1.12. The zero-order valence-electron chi connectivity index (χ0n) is 31.3. The lowest BCUT2D eigenvalue weighted by Gasteiger charge is -2.12. The number of Topliss-reactive ketones (excluding diaryl/α,β-unsaturated/α-hetero) is 2. The van der Waals surface area contributed by atoms with E-state index in [4.69, 9.17) is 13.6 Å². The molecule has 0 spiro atoms. The monoisotopic (exact) mass is 703 g/mol. The zero-order valence-corrected chi connectivity index (χ0v) is 28.3. The van der Waals surface area contributed by atoms with Crippen LogP contribution in [0, 0.1) is 13.8 Å². The Labute approximate surface area is 303 Å². The molecule has 0 saturated carbocycles. The van der Waals surface area contributed by atoms with Crippen molar-refractivity contribution in [2.75, 3.05) is 13.1 Å². The lowest BCUT2D eigenvalue weighted by Crippen LogP contribution is -2.29. The number of rotatable bonds is 10. The van der Waals surface area contributed by atoms with Gasteiger partial charge >= 0.3 is 0 Å². The lowest BCUT2D eigenvalue weighted by molar-refractivity contribution is -0.116. The molecule has 0 radical (unpaired) electrons. The average molecular weight is 704 g/mol. The summed E-state index contributed by atoms with van der Waals surface area (Å²) < 4.78 is 34.6. The molecule has 2 amide bonds. The number of ether oxygens (including phenoxy) is 2. The number of nitrogens with one attached hydrogen (secondary N) is 2. The van der Waals surface area contributed by atoms with Crippen LogP contribution in [0.25, 0.3) is 21.5 Å². The highest BCUT2D eigenvalue weighted by Crippen LogP contribution is 2.35. The van der Waals surface area contributed by atoms with Crippen molar-refractivity contribution in [3.05, 3.63) is 120 Å². The van der Waals surface area contributed by atoms with Crippen LogP contribution in [0.1, 0.15) is 50.3 Å². The van der Waals surface area contributed by atoms with Crippen molar-refractivity contribution in [2.24, 2.45) is 0 Å². The molecule has 12 nitrogen and oxygen atoms in total. The van der Waals surface area contributed by atoms with Gasteiger partial charge in [-0.25, -0.2) is 9.97 Å². The van der Waals surface area contributed by atoms with E-state index >= 15 is 0 Å². The van der Waals surface area contributed by atoms with Gasteiger partial charge in [-0.05, 0) is 88.3 Å². The summed E-state index contributed by atoms with van der Waals surface area (Å²) in [6, 6.07) is 28.1. The Balaban J connectivity index is 0.000000211. The third-order valence-electron chi connectivity index (χ3n) is 7.41. The first-order valence-electron chi connectivity index (χ1n) is 17.6. The van der Waals surface area contributed by atoms with Crippen LogP contribution < -0.4 is 20.1 Å². The number of aromatic nitrogens is 2. The summed E-state index contributed by atoms with van der Waals surface area (Å²) >= 11 is 0. The van der Waals surface area contributed by atoms with Crippen LogP contribution in [-0.2, 0) is 9.59 Å². The molecule has 1 atom stereocenters. The number of aryl methyl sites for hydroxylation is 2. The van der Waals surface area contributed by atoms with Crippen molar-refractivity contribution in [1.82, 2.24) is 20.6 Å². The second kappa shape index (κ2) is 16.3. The lowest BCUT2D eigenvalue weighted by atomic mass is 10.1. The second-order valence-electron chi connectivity index (χ2n) is 11.4. The molecular weight excluding hydrogens is 664 g/mol. The van der Waals surface area contributed by atoms with Gasteiger partial charge in [-0.3, -0.25) is 19.2 Å². The number of amides is 2. The third kappa shape index (κ3) is 8.85. The van der Waals surface area contributed by atoms with Crippen LogP contribution >= 0.6 is 0 Å². The van der Waals surface area contributed by atoms with Crippen molar-refractivity contribution < 1.29 is 43.0 Å². The van der Waals surface area contributed by atoms with Gasteiger partial charge < -0.3 is 30.3 Å². The molecule has 4 N–H and O–H groups in total. The zero-order chi connectivity index (χ0) is 39.8. The van der Waals surface area contributed by atoms with Crippen molar-refractivity contribution >= 4 is 44.9 Å². The van der Waals surface area contributed by atoms with Crippen LogP contribution in [0.2, 0.25) is 0 Å². The normalized spacial score (nSPS) is 12.0. The number of benzene rings is 4. The molecule has 0 saturated heterocycles. The number of ketones is 2. The first kappa shape index (κ1) is 32.4. The van der Waals surface area contributed by atoms with Gasteiger partial charge in [-0.15, -0.1) is 0 Å². The summed E-state index contributed by atoms with van der Waals surface area (Å²) in [7, 11) is 0. The van der Waals surface area contributed by atoms with Crippen LogP contribution in [0.4, 0.5) is 0 Å². The highest BCUT2D eigenvalue weighted by molar-refractivity contribution is 6.04. The Morgan fingerprint density at radius 1 is 0.635 bits per heavy atom. The number of pyridine rings is 2. The molecule has 2 heterocycles. The third-order valence-corrected chi connectivity index (χ3v) is 7.41. The number of hydrogen-bond donors (Lipinski definition) is 4. The van der Waals surface area contributed by atoms with E-state index in [0.717, 1.165) is 0 Å². The molecule has 264 valence electrons. The smallest absolute Gasteiger partial charge is 0.274 e. The number of hydrogen-bond acceptors (Lipinski definition) is 10. The average Bonchev–Trinajstić information content (AvgIpc) is 3.16. The molecule has 52 heavy (non-hydrogen) atoms. The van der Waals surface area contributed by atoms with Gasteiger partial charge in [-0.2, -0.15) is 0 Å². The summed E-state index contributed by atoms with van der Waals surface area (Å²) in [5, 5.41) is 27.2. The fraction of sp³-hybridized carbons (Fsp3) is 0.150. The minimum absolute atomic E-state index is 0.000660. The molecule has 0 aliphatic heterocycles. The summed E-state index contributed by atoms with van der Waals surface area (Å²) in [5.74, 6) is -0.699. The molecule has 1 unspecified atom stereocenters. The van der Waals surface area contributed by atoms with E-state index < -0.39 is 31.0 Å². The van der Waals surface area contributed by atoms with E-state index in [2.05, 4.69) is 20.6 Å².